The summed E-state index contributed by atoms with van der Waals surface area (Å²) >= 11 is 0. The molecule has 90 heavy (non-hydrogen) atoms. The van der Waals surface area contributed by atoms with Gasteiger partial charge in [0.1, 0.15) is 0 Å². The standard InChI is InChI=1S/C86H56BN3/c1-7-27-57(28-8-1)63-49-51-78-75(53-63)87-76-54-64(58-29-9-2-10-30-58)50-52-79(76)90(85-68(61-35-15-5-16-36-61)46-26-47-69(85)62-37-17-6-18-38-62)81-56-65(88-77-48-24-23-43-74(77)82-72-41-21-19-39-70(72)71-40-20-22-42-73(71)86(82)88)55-80(83(81)87)89(78)84-66(59-31-11-3-12-32-59)44-25-45-67(84)60-33-13-4-14-34-60/h1-56H. The summed E-state index contributed by atoms with van der Waals surface area (Å²) in [6, 6.07) is 127. The molecule has 0 saturated heterocycles. The molecule has 418 valence electrons. The number of para-hydroxylation sites is 3. The van der Waals surface area contributed by atoms with E-state index in [4.69, 9.17) is 0 Å². The summed E-state index contributed by atoms with van der Waals surface area (Å²) in [6.07, 6.45) is 0. The third-order valence-electron chi connectivity index (χ3n) is 18.9. The number of aromatic nitrogens is 1. The maximum atomic E-state index is 2.67. The molecule has 0 aliphatic carbocycles. The third kappa shape index (κ3) is 8.08. The van der Waals surface area contributed by atoms with E-state index in [-0.39, 0.29) is 6.71 Å². The van der Waals surface area contributed by atoms with Crippen molar-refractivity contribution in [2.24, 2.45) is 0 Å². The Hall–Kier alpha value is -11.7. The highest BCUT2D eigenvalue weighted by Crippen LogP contribution is 2.54. The zero-order valence-electron chi connectivity index (χ0n) is 49.3. The number of anilines is 6. The Morgan fingerprint density at radius 1 is 0.233 bits per heavy atom. The summed E-state index contributed by atoms with van der Waals surface area (Å²) < 4.78 is 2.60. The zero-order chi connectivity index (χ0) is 59.2. The summed E-state index contributed by atoms with van der Waals surface area (Å²) in [6.45, 7) is -0.232. The van der Waals surface area contributed by atoms with E-state index < -0.39 is 0 Å². The maximum Gasteiger partial charge on any atom is 0.252 e. The van der Waals surface area contributed by atoms with Crippen molar-refractivity contribution in [3.8, 4) is 72.4 Å². The van der Waals surface area contributed by atoms with Crippen LogP contribution in [0.25, 0.3) is 116 Å². The molecular weight excluding hydrogens is 1090 g/mol. The van der Waals surface area contributed by atoms with Gasteiger partial charge in [0.25, 0.3) is 6.71 Å². The number of nitrogens with zero attached hydrogens (tertiary/aromatic N) is 3. The fourth-order valence-corrected chi connectivity index (χ4v) is 15.1. The normalized spacial score (nSPS) is 12.4. The van der Waals surface area contributed by atoms with Crippen LogP contribution in [0.4, 0.5) is 34.1 Å². The van der Waals surface area contributed by atoms with E-state index in [0.717, 1.165) is 89.8 Å². The van der Waals surface area contributed by atoms with Crippen LogP contribution in [0.3, 0.4) is 0 Å². The Labute approximate surface area is 524 Å². The molecule has 18 rings (SSSR count). The summed E-state index contributed by atoms with van der Waals surface area (Å²) in [5.41, 5.74) is 27.6. The first-order valence-electron chi connectivity index (χ1n) is 31.2. The van der Waals surface area contributed by atoms with Crippen LogP contribution in [0.1, 0.15) is 0 Å². The third-order valence-corrected chi connectivity index (χ3v) is 18.9. The van der Waals surface area contributed by atoms with Gasteiger partial charge in [-0.1, -0.05) is 309 Å². The monoisotopic (exact) mass is 1140 g/mol. The van der Waals surface area contributed by atoms with Crippen LogP contribution in [0.2, 0.25) is 0 Å². The molecule has 16 aromatic rings. The maximum absolute atomic E-state index is 2.67. The van der Waals surface area contributed by atoms with Gasteiger partial charge in [0.2, 0.25) is 0 Å². The Kier molecular flexibility index (Phi) is 12.0. The number of rotatable bonds is 9. The molecule has 15 aromatic carbocycles. The van der Waals surface area contributed by atoms with Crippen LogP contribution in [-0.2, 0) is 0 Å². The van der Waals surface area contributed by atoms with Gasteiger partial charge in [-0.3, -0.25) is 0 Å². The van der Waals surface area contributed by atoms with E-state index in [2.05, 4.69) is 354 Å². The van der Waals surface area contributed by atoms with Crippen molar-refractivity contribution in [3.05, 3.63) is 340 Å². The van der Waals surface area contributed by atoms with Crippen LogP contribution >= 0.6 is 0 Å². The summed E-state index contributed by atoms with van der Waals surface area (Å²) in [4.78, 5) is 5.33. The molecular formula is C86H56BN3. The van der Waals surface area contributed by atoms with Crippen molar-refractivity contribution in [3.63, 3.8) is 0 Å². The van der Waals surface area contributed by atoms with Crippen LogP contribution in [0.15, 0.2) is 340 Å². The minimum Gasteiger partial charge on any atom is -0.310 e. The fourth-order valence-electron chi connectivity index (χ4n) is 15.1. The molecule has 0 amide bonds. The Morgan fingerprint density at radius 3 is 1.00 bits per heavy atom. The molecule has 0 unspecified atom stereocenters. The molecule has 0 atom stereocenters. The molecule has 0 spiro atoms. The number of hydrogen-bond donors (Lipinski definition) is 0. The average molecular weight is 1140 g/mol. The smallest absolute Gasteiger partial charge is 0.252 e. The van der Waals surface area contributed by atoms with Crippen LogP contribution in [0, 0.1) is 0 Å². The molecule has 3 nitrogen and oxygen atoms in total. The van der Waals surface area contributed by atoms with Gasteiger partial charge in [-0.15, -0.1) is 0 Å². The van der Waals surface area contributed by atoms with Crippen molar-refractivity contribution < 1.29 is 0 Å². The fraction of sp³-hybridized carbons (Fsp3) is 0. The van der Waals surface area contributed by atoms with Crippen molar-refractivity contribution in [2.75, 3.05) is 9.80 Å². The largest absolute Gasteiger partial charge is 0.310 e. The number of fused-ring (bicyclic) bond motifs is 12. The number of benzene rings is 15. The van der Waals surface area contributed by atoms with Gasteiger partial charge in [0.05, 0.1) is 28.1 Å². The molecule has 0 bridgehead atoms. The molecule has 0 fully saturated rings. The zero-order valence-corrected chi connectivity index (χ0v) is 49.3. The van der Waals surface area contributed by atoms with Crippen molar-refractivity contribution >= 4 is 101 Å². The van der Waals surface area contributed by atoms with E-state index >= 15 is 0 Å². The van der Waals surface area contributed by atoms with Gasteiger partial charge >= 0.3 is 0 Å². The van der Waals surface area contributed by atoms with Gasteiger partial charge in [-0.2, -0.15) is 0 Å². The molecule has 1 aromatic heterocycles. The van der Waals surface area contributed by atoms with E-state index in [9.17, 15) is 0 Å². The van der Waals surface area contributed by atoms with E-state index in [0.29, 0.717) is 0 Å². The quantitative estimate of drug-likeness (QED) is 0.105. The molecule has 0 N–H and O–H groups in total. The summed E-state index contributed by atoms with van der Waals surface area (Å²) in [5.74, 6) is 0. The molecule has 3 heterocycles. The predicted octanol–water partition coefficient (Wildman–Crippen LogP) is 21.2. The van der Waals surface area contributed by atoms with Gasteiger partial charge in [0, 0.05) is 61.2 Å². The Bertz CT molecular complexity index is 5110. The van der Waals surface area contributed by atoms with Gasteiger partial charge in [0.15, 0.2) is 0 Å². The van der Waals surface area contributed by atoms with Gasteiger partial charge in [-0.05, 0) is 107 Å². The molecule has 0 saturated carbocycles. The first-order chi connectivity index (χ1) is 44.7. The minimum atomic E-state index is -0.232. The lowest BCUT2D eigenvalue weighted by atomic mass is 9.33. The highest BCUT2D eigenvalue weighted by atomic mass is 15.2. The molecule has 4 heteroatoms. The lowest BCUT2D eigenvalue weighted by Crippen LogP contribution is -2.61. The van der Waals surface area contributed by atoms with Gasteiger partial charge in [-0.25, -0.2) is 0 Å². The van der Waals surface area contributed by atoms with Crippen LogP contribution in [-0.4, -0.2) is 11.3 Å². The topological polar surface area (TPSA) is 11.4 Å². The Morgan fingerprint density at radius 2 is 0.578 bits per heavy atom. The second kappa shape index (κ2) is 21.0. The highest BCUT2D eigenvalue weighted by Gasteiger charge is 2.46. The highest BCUT2D eigenvalue weighted by molar-refractivity contribution is 7.00. The van der Waals surface area contributed by atoms with Crippen LogP contribution < -0.4 is 26.2 Å². The summed E-state index contributed by atoms with van der Waals surface area (Å²) in [7, 11) is 0. The second-order valence-electron chi connectivity index (χ2n) is 23.8. The van der Waals surface area contributed by atoms with Crippen molar-refractivity contribution in [2.45, 2.75) is 0 Å². The average Bonchev–Trinajstić information content (AvgIpc) is 1.03. The minimum absolute atomic E-state index is 0.232. The van der Waals surface area contributed by atoms with E-state index in [1.54, 1.807) is 0 Å². The lowest BCUT2D eigenvalue weighted by molar-refractivity contribution is 1.16. The van der Waals surface area contributed by atoms with E-state index in [1.165, 1.54) is 76.5 Å². The molecule has 2 aliphatic heterocycles. The lowest BCUT2D eigenvalue weighted by Gasteiger charge is -2.46. The van der Waals surface area contributed by atoms with E-state index in [1.807, 2.05) is 0 Å². The first-order valence-corrected chi connectivity index (χ1v) is 31.2. The Balaban J connectivity index is 1.07. The van der Waals surface area contributed by atoms with Gasteiger partial charge < -0.3 is 14.4 Å². The second-order valence-corrected chi connectivity index (χ2v) is 23.8. The predicted molar refractivity (Wildman–Crippen MR) is 382 cm³/mol. The summed E-state index contributed by atoms with van der Waals surface area (Å²) in [5, 5.41) is 7.39. The van der Waals surface area contributed by atoms with Crippen LogP contribution in [0.5, 0.6) is 0 Å². The van der Waals surface area contributed by atoms with Crippen molar-refractivity contribution in [1.29, 1.82) is 0 Å². The number of hydrogen-bond acceptors (Lipinski definition) is 2. The van der Waals surface area contributed by atoms with Crippen molar-refractivity contribution in [1.82, 2.24) is 4.57 Å². The molecule has 2 aliphatic rings. The molecule has 0 radical (unpaired) electrons. The first kappa shape index (κ1) is 51.5. The SMILES string of the molecule is c1ccc(-c2ccc3c(c2)B2c4cc(-c5ccccc5)ccc4N(c4c(-c5ccccc5)cccc4-c4ccccc4)c4cc(-n5c6ccccc6c6c7ccccc7c7ccccc7c65)cc(c42)N3c2c(-c3ccccc3)cccc2-c2ccccc2)cc1.